The second kappa shape index (κ2) is 4.52. The Bertz CT molecular complexity index is 769. The lowest BCUT2D eigenvalue weighted by molar-refractivity contribution is 0.604. The van der Waals surface area contributed by atoms with Gasteiger partial charge in [-0.25, -0.2) is 8.42 Å². The van der Waals surface area contributed by atoms with Gasteiger partial charge in [0.1, 0.15) is 0 Å². The van der Waals surface area contributed by atoms with Crippen LogP contribution in [0.5, 0.6) is 0 Å². The van der Waals surface area contributed by atoms with Crippen LogP contribution >= 0.6 is 0 Å². The van der Waals surface area contributed by atoms with Gasteiger partial charge < -0.3 is 0 Å². The smallest absolute Gasteiger partial charge is 0.207 e. The molecule has 0 spiro atoms. The summed E-state index contributed by atoms with van der Waals surface area (Å²) in [6.07, 6.45) is 5.18. The highest BCUT2D eigenvalue weighted by atomic mass is 32.2. The Morgan fingerprint density at radius 1 is 0.789 bits per heavy atom. The molecule has 0 aliphatic carbocycles. The lowest BCUT2D eigenvalue weighted by Gasteiger charge is -1.99. The van der Waals surface area contributed by atoms with Crippen molar-refractivity contribution in [3.63, 3.8) is 0 Å². The first-order chi connectivity index (χ1) is 9.18. The maximum atomic E-state index is 12.3. The van der Waals surface area contributed by atoms with E-state index in [2.05, 4.69) is 0 Å². The molecule has 1 aliphatic heterocycles. The Hall–Kier alpha value is -2.13. The lowest BCUT2D eigenvalue weighted by atomic mass is 10.2. The van der Waals surface area contributed by atoms with Crippen molar-refractivity contribution >= 4 is 22.0 Å². The number of hydrogen-bond acceptors (Lipinski definition) is 2. The minimum Gasteiger partial charge on any atom is -0.218 e. The summed E-state index contributed by atoms with van der Waals surface area (Å²) in [5, 5.41) is 0. The number of fused-ring (bicyclic) bond motifs is 1. The normalized spacial score (nSPS) is 16.3. The van der Waals surface area contributed by atoms with Gasteiger partial charge in [0.15, 0.2) is 0 Å². The van der Waals surface area contributed by atoms with Gasteiger partial charge in [0, 0.05) is 0 Å². The number of sulfone groups is 1. The summed E-state index contributed by atoms with van der Waals surface area (Å²) in [6.45, 7) is 0. The van der Waals surface area contributed by atoms with Gasteiger partial charge in [-0.3, -0.25) is 0 Å². The van der Waals surface area contributed by atoms with Gasteiger partial charge in [-0.05, 0) is 29.3 Å². The fourth-order valence-corrected chi connectivity index (χ4v) is 3.56. The van der Waals surface area contributed by atoms with E-state index in [1.807, 2.05) is 48.5 Å². The molecule has 19 heavy (non-hydrogen) atoms. The van der Waals surface area contributed by atoms with Crippen molar-refractivity contribution in [1.29, 1.82) is 0 Å². The highest BCUT2D eigenvalue weighted by Crippen LogP contribution is 2.33. The Morgan fingerprint density at radius 2 is 1.47 bits per heavy atom. The third-order valence-corrected chi connectivity index (χ3v) is 4.88. The van der Waals surface area contributed by atoms with E-state index in [1.54, 1.807) is 24.3 Å². The molecule has 2 nitrogen and oxygen atoms in total. The zero-order valence-corrected chi connectivity index (χ0v) is 11.0. The van der Waals surface area contributed by atoms with Gasteiger partial charge in [-0.15, -0.1) is 0 Å². The first-order valence-corrected chi connectivity index (χ1v) is 7.45. The minimum atomic E-state index is -3.34. The van der Waals surface area contributed by atoms with Crippen LogP contribution in [-0.4, -0.2) is 8.42 Å². The van der Waals surface area contributed by atoms with E-state index < -0.39 is 9.84 Å². The number of allylic oxidation sites excluding steroid dienone is 1. The maximum Gasteiger partial charge on any atom is 0.207 e. The van der Waals surface area contributed by atoms with Crippen molar-refractivity contribution in [2.24, 2.45) is 0 Å². The molecular formula is C16H12O2S. The van der Waals surface area contributed by atoms with E-state index >= 15 is 0 Å². The van der Waals surface area contributed by atoms with Crippen LogP contribution in [-0.2, 0) is 9.84 Å². The second-order valence-corrected chi connectivity index (χ2v) is 6.25. The van der Waals surface area contributed by atoms with Gasteiger partial charge in [0.2, 0.25) is 9.84 Å². The summed E-state index contributed by atoms with van der Waals surface area (Å²) >= 11 is 0. The van der Waals surface area contributed by atoms with Crippen molar-refractivity contribution in [3.8, 4) is 0 Å². The maximum absolute atomic E-state index is 12.3. The summed E-state index contributed by atoms with van der Waals surface area (Å²) in [6, 6.07) is 16.7. The average Bonchev–Trinajstić information content (AvgIpc) is 2.70. The van der Waals surface area contributed by atoms with E-state index in [4.69, 9.17) is 0 Å². The molecular weight excluding hydrogens is 256 g/mol. The van der Waals surface area contributed by atoms with E-state index in [0.29, 0.717) is 9.80 Å². The van der Waals surface area contributed by atoms with Gasteiger partial charge in [0.25, 0.3) is 0 Å². The number of benzene rings is 2. The van der Waals surface area contributed by atoms with Gasteiger partial charge in [-0.2, -0.15) is 0 Å². The fourth-order valence-electron chi connectivity index (χ4n) is 2.08. The Labute approximate surface area is 112 Å². The second-order valence-electron chi connectivity index (χ2n) is 4.33. The molecule has 0 N–H and O–H groups in total. The molecule has 94 valence electrons. The van der Waals surface area contributed by atoms with Crippen molar-refractivity contribution in [2.75, 3.05) is 0 Å². The molecule has 0 saturated heterocycles. The zero-order chi connectivity index (χ0) is 13.3. The molecule has 3 rings (SSSR count). The quantitative estimate of drug-likeness (QED) is 0.835. The Kier molecular flexibility index (Phi) is 2.84. The molecule has 1 heterocycles. The van der Waals surface area contributed by atoms with Gasteiger partial charge in [0.05, 0.1) is 9.80 Å². The highest BCUT2D eigenvalue weighted by molar-refractivity contribution is 7.96. The molecule has 0 bridgehead atoms. The molecule has 0 saturated carbocycles. The molecule has 0 amide bonds. The summed E-state index contributed by atoms with van der Waals surface area (Å²) in [4.78, 5) is 0.736. The Balaban J connectivity index is 1.99. The zero-order valence-electron chi connectivity index (χ0n) is 10.2. The average molecular weight is 268 g/mol. The molecule has 2 aromatic carbocycles. The monoisotopic (exact) mass is 268 g/mol. The molecule has 1 aliphatic rings. The first-order valence-electron chi connectivity index (χ1n) is 5.97. The van der Waals surface area contributed by atoms with Crippen LogP contribution < -0.4 is 0 Å². The third-order valence-electron chi connectivity index (χ3n) is 3.06. The third kappa shape index (κ3) is 2.13. The van der Waals surface area contributed by atoms with E-state index in [0.717, 1.165) is 11.1 Å². The number of hydrogen-bond donors (Lipinski definition) is 0. The van der Waals surface area contributed by atoms with Crippen LogP contribution in [0, 0.1) is 0 Å². The molecule has 0 unspecified atom stereocenters. The van der Waals surface area contributed by atoms with Gasteiger partial charge in [-0.1, -0.05) is 54.6 Å². The fraction of sp³-hybridized carbons (Fsp3) is 0. The lowest BCUT2D eigenvalue weighted by Crippen LogP contribution is -1.98. The van der Waals surface area contributed by atoms with E-state index in [9.17, 15) is 8.42 Å². The SMILES string of the molecule is O=S1(=O)C(/C=C/c2ccccc2)=Cc2ccccc21. The van der Waals surface area contributed by atoms with Crippen LogP contribution in [0.2, 0.25) is 0 Å². The predicted octanol–water partition coefficient (Wildman–Crippen LogP) is 3.53. The Morgan fingerprint density at radius 3 is 2.21 bits per heavy atom. The van der Waals surface area contributed by atoms with Crippen LogP contribution in [0.25, 0.3) is 12.2 Å². The van der Waals surface area contributed by atoms with Crippen LogP contribution in [0.15, 0.2) is 70.5 Å². The summed E-state index contributed by atoms with van der Waals surface area (Å²) in [5.41, 5.74) is 1.74. The summed E-state index contributed by atoms with van der Waals surface area (Å²) in [7, 11) is -3.34. The summed E-state index contributed by atoms with van der Waals surface area (Å²) in [5.74, 6) is 0. The highest BCUT2D eigenvalue weighted by Gasteiger charge is 2.27. The van der Waals surface area contributed by atoms with E-state index in [1.165, 1.54) is 0 Å². The van der Waals surface area contributed by atoms with E-state index in [-0.39, 0.29) is 0 Å². The van der Waals surface area contributed by atoms with Crippen molar-refractivity contribution in [1.82, 2.24) is 0 Å². The molecule has 3 heteroatoms. The van der Waals surface area contributed by atoms with Crippen LogP contribution in [0.3, 0.4) is 0 Å². The molecule has 0 radical (unpaired) electrons. The largest absolute Gasteiger partial charge is 0.218 e. The summed E-state index contributed by atoms with van der Waals surface area (Å²) < 4.78 is 24.6. The first kappa shape index (κ1) is 11.9. The topological polar surface area (TPSA) is 34.1 Å². The molecule has 2 aromatic rings. The molecule has 0 fully saturated rings. The van der Waals surface area contributed by atoms with Gasteiger partial charge >= 0.3 is 0 Å². The minimum absolute atomic E-state index is 0.345. The van der Waals surface area contributed by atoms with Crippen molar-refractivity contribution in [3.05, 3.63) is 76.7 Å². The van der Waals surface area contributed by atoms with Crippen LogP contribution in [0.1, 0.15) is 11.1 Å². The van der Waals surface area contributed by atoms with Crippen molar-refractivity contribution in [2.45, 2.75) is 4.90 Å². The van der Waals surface area contributed by atoms with Crippen LogP contribution in [0.4, 0.5) is 0 Å². The standard InChI is InChI=1S/C16H12O2S/c17-19(18)15(11-10-13-6-2-1-3-7-13)12-14-8-4-5-9-16(14)19/h1-12H/b11-10+. The number of rotatable bonds is 2. The van der Waals surface area contributed by atoms with Crippen molar-refractivity contribution < 1.29 is 8.42 Å². The molecule has 0 aromatic heterocycles. The predicted molar refractivity (Wildman–Crippen MR) is 77.1 cm³/mol. The molecule has 0 atom stereocenters.